The van der Waals surface area contributed by atoms with E-state index in [0.717, 1.165) is 11.3 Å². The van der Waals surface area contributed by atoms with Crippen LogP contribution in [0, 0.1) is 5.92 Å². The lowest BCUT2D eigenvalue weighted by molar-refractivity contribution is 0.844. The standard InChI is InChI=1S/C30H32S/c1-3-11-22-24-16-9-8-15-23(24)21(4-2)30-27(22)19-26(25-18-28(25)30)29(31)17-10-14-20-12-6-5-7-13-20/h5-8,10,12-15,17,19,25,28,31H,3-4,9,11,16,18H2,1-2H3/b14-10+,29-17-. The Kier molecular flexibility index (Phi) is 5.80. The van der Waals surface area contributed by atoms with Crippen LogP contribution in [0.2, 0.25) is 0 Å². The van der Waals surface area contributed by atoms with Crippen molar-refractivity contribution in [2.24, 2.45) is 5.92 Å². The van der Waals surface area contributed by atoms with Gasteiger partial charge in [0.1, 0.15) is 0 Å². The van der Waals surface area contributed by atoms with E-state index in [1.807, 2.05) is 0 Å². The molecular formula is C30H32S. The molecule has 2 atom stereocenters. The van der Waals surface area contributed by atoms with Crippen LogP contribution in [0.3, 0.4) is 0 Å². The van der Waals surface area contributed by atoms with Crippen LogP contribution < -0.4 is 0 Å². The maximum absolute atomic E-state index is 4.96. The lowest BCUT2D eigenvalue weighted by atomic mass is 9.76. The van der Waals surface area contributed by atoms with E-state index in [1.165, 1.54) is 43.2 Å². The van der Waals surface area contributed by atoms with Crippen molar-refractivity contribution in [2.45, 2.75) is 58.3 Å². The first-order chi connectivity index (χ1) is 15.2. The van der Waals surface area contributed by atoms with Crippen LogP contribution >= 0.6 is 12.6 Å². The van der Waals surface area contributed by atoms with Crippen molar-refractivity contribution in [3.8, 4) is 0 Å². The summed E-state index contributed by atoms with van der Waals surface area (Å²) in [5, 5.41) is 0. The predicted molar refractivity (Wildman–Crippen MR) is 139 cm³/mol. The van der Waals surface area contributed by atoms with E-state index in [1.54, 1.807) is 33.4 Å². The Bertz CT molecular complexity index is 1110. The molecule has 0 aliphatic heterocycles. The minimum absolute atomic E-state index is 0.645. The maximum atomic E-state index is 4.96. The zero-order chi connectivity index (χ0) is 21.4. The van der Waals surface area contributed by atoms with Gasteiger partial charge in [-0.3, -0.25) is 0 Å². The Hall–Kier alpha value is -2.25. The molecule has 0 radical (unpaired) electrons. The Balaban J connectivity index is 1.58. The van der Waals surface area contributed by atoms with Crippen LogP contribution in [-0.2, 0) is 19.3 Å². The van der Waals surface area contributed by atoms with Crippen LogP contribution in [-0.4, -0.2) is 0 Å². The zero-order valence-electron chi connectivity index (χ0n) is 18.7. The molecule has 3 aliphatic rings. The highest BCUT2D eigenvalue weighted by Gasteiger charge is 2.47. The summed E-state index contributed by atoms with van der Waals surface area (Å²) in [6.07, 6.45) is 21.0. The Morgan fingerprint density at radius 2 is 1.90 bits per heavy atom. The Morgan fingerprint density at radius 3 is 2.68 bits per heavy atom. The summed E-state index contributed by atoms with van der Waals surface area (Å²) in [6, 6.07) is 10.5. The number of hydrogen-bond acceptors (Lipinski definition) is 1. The van der Waals surface area contributed by atoms with Crippen molar-refractivity contribution in [3.63, 3.8) is 0 Å². The van der Waals surface area contributed by atoms with Gasteiger partial charge in [0.25, 0.3) is 0 Å². The monoisotopic (exact) mass is 424 g/mol. The molecule has 2 unspecified atom stereocenters. The van der Waals surface area contributed by atoms with E-state index in [9.17, 15) is 0 Å². The quantitative estimate of drug-likeness (QED) is 0.351. The van der Waals surface area contributed by atoms with Crippen molar-refractivity contribution in [1.29, 1.82) is 0 Å². The largest absolute Gasteiger partial charge is 0.143 e. The fourth-order valence-corrected chi connectivity index (χ4v) is 6.01. The first kappa shape index (κ1) is 20.6. The minimum Gasteiger partial charge on any atom is -0.143 e. The molecule has 0 heterocycles. The summed E-state index contributed by atoms with van der Waals surface area (Å²) in [4.78, 5) is 1.13. The number of hydrogen-bond donors (Lipinski definition) is 1. The normalized spacial score (nSPS) is 21.5. The third-order valence-corrected chi connectivity index (χ3v) is 7.56. The average Bonchev–Trinajstić information content (AvgIpc) is 3.60. The highest BCUT2D eigenvalue weighted by molar-refractivity contribution is 7.84. The van der Waals surface area contributed by atoms with Gasteiger partial charge in [0.15, 0.2) is 0 Å². The second kappa shape index (κ2) is 8.71. The summed E-state index contributed by atoms with van der Waals surface area (Å²) < 4.78 is 0. The van der Waals surface area contributed by atoms with Gasteiger partial charge in [0, 0.05) is 4.91 Å². The van der Waals surface area contributed by atoms with Crippen LogP contribution in [0.1, 0.15) is 78.0 Å². The van der Waals surface area contributed by atoms with Crippen molar-refractivity contribution in [2.75, 3.05) is 0 Å². The van der Waals surface area contributed by atoms with E-state index in [0.29, 0.717) is 11.8 Å². The summed E-state index contributed by atoms with van der Waals surface area (Å²) in [7, 11) is 0. The summed E-state index contributed by atoms with van der Waals surface area (Å²) in [5.41, 5.74) is 12.3. The van der Waals surface area contributed by atoms with E-state index < -0.39 is 0 Å². The number of allylic oxidation sites excluding steroid dienone is 4. The third-order valence-electron chi connectivity index (χ3n) is 7.15. The van der Waals surface area contributed by atoms with Crippen LogP contribution in [0.25, 0.3) is 18.2 Å². The molecule has 3 aliphatic carbocycles. The lowest BCUT2D eigenvalue weighted by Crippen LogP contribution is -2.13. The van der Waals surface area contributed by atoms with Crippen molar-refractivity contribution in [3.05, 3.63) is 98.0 Å². The Labute approximate surface area is 192 Å². The zero-order valence-corrected chi connectivity index (χ0v) is 19.6. The van der Waals surface area contributed by atoms with Gasteiger partial charge in [-0.1, -0.05) is 74.9 Å². The molecule has 2 aromatic rings. The number of thiol groups is 1. The third kappa shape index (κ3) is 3.78. The van der Waals surface area contributed by atoms with E-state index in [2.05, 4.69) is 80.6 Å². The van der Waals surface area contributed by atoms with E-state index in [4.69, 9.17) is 12.6 Å². The summed E-state index contributed by atoms with van der Waals surface area (Å²) in [6.45, 7) is 4.66. The maximum Gasteiger partial charge on any atom is 0.00753 e. The molecule has 5 rings (SSSR count). The molecule has 0 amide bonds. The van der Waals surface area contributed by atoms with Crippen molar-refractivity contribution >= 4 is 30.9 Å². The molecular weight excluding hydrogens is 392 g/mol. The van der Waals surface area contributed by atoms with Crippen molar-refractivity contribution < 1.29 is 0 Å². The van der Waals surface area contributed by atoms with Gasteiger partial charge in [-0.15, -0.1) is 12.6 Å². The van der Waals surface area contributed by atoms with Gasteiger partial charge in [0.05, 0.1) is 0 Å². The minimum atomic E-state index is 0.645. The molecule has 158 valence electrons. The average molecular weight is 425 g/mol. The highest BCUT2D eigenvalue weighted by atomic mass is 32.1. The van der Waals surface area contributed by atoms with E-state index >= 15 is 0 Å². The smallest absolute Gasteiger partial charge is 0.00753 e. The van der Waals surface area contributed by atoms with Gasteiger partial charge >= 0.3 is 0 Å². The molecule has 0 saturated heterocycles. The molecule has 0 bridgehead atoms. The molecule has 0 N–H and O–H groups in total. The fraction of sp³-hybridized carbons (Fsp3) is 0.333. The number of fused-ring (bicyclic) bond motifs is 4. The van der Waals surface area contributed by atoms with Gasteiger partial charge < -0.3 is 0 Å². The van der Waals surface area contributed by atoms with Gasteiger partial charge in [0.2, 0.25) is 0 Å². The first-order valence-corrected chi connectivity index (χ1v) is 12.4. The van der Waals surface area contributed by atoms with Crippen LogP contribution in [0.4, 0.5) is 0 Å². The highest BCUT2D eigenvalue weighted by Crippen LogP contribution is 2.60. The fourth-order valence-electron chi connectivity index (χ4n) is 5.69. The van der Waals surface area contributed by atoms with Gasteiger partial charge in [-0.2, -0.15) is 0 Å². The number of benzene rings is 2. The molecule has 1 saturated carbocycles. The summed E-state index contributed by atoms with van der Waals surface area (Å²) >= 11 is 4.96. The second-order valence-corrected chi connectivity index (χ2v) is 9.57. The SMILES string of the molecule is CCCc1c2c(c(CC)c3c1CCC=C3)C1CC1C(/C(S)=C/C=C/c1ccccc1)=C2. The van der Waals surface area contributed by atoms with E-state index in [-0.39, 0.29) is 0 Å². The second-order valence-electron chi connectivity index (χ2n) is 9.09. The molecule has 0 aromatic heterocycles. The van der Waals surface area contributed by atoms with Crippen LogP contribution in [0.5, 0.6) is 0 Å². The van der Waals surface area contributed by atoms with Crippen molar-refractivity contribution in [1.82, 2.24) is 0 Å². The molecule has 1 fully saturated rings. The Morgan fingerprint density at radius 1 is 1.06 bits per heavy atom. The van der Waals surface area contributed by atoms with Gasteiger partial charge in [-0.05, 0) is 101 Å². The molecule has 0 spiro atoms. The molecule has 31 heavy (non-hydrogen) atoms. The van der Waals surface area contributed by atoms with Gasteiger partial charge in [-0.25, -0.2) is 0 Å². The predicted octanol–water partition coefficient (Wildman–Crippen LogP) is 8.19. The topological polar surface area (TPSA) is 0 Å². The molecule has 1 heteroatoms. The molecule has 2 aromatic carbocycles. The molecule has 0 nitrogen and oxygen atoms in total. The van der Waals surface area contributed by atoms with Crippen LogP contribution in [0.15, 0.2) is 59.0 Å². The first-order valence-electron chi connectivity index (χ1n) is 11.9. The summed E-state index contributed by atoms with van der Waals surface area (Å²) in [5.74, 6) is 1.33. The number of rotatable bonds is 6. The lowest BCUT2D eigenvalue weighted by Gasteiger charge is -2.28.